The Labute approximate surface area is 276 Å². The number of phenolic OH excluding ortho intramolecular Hbond substituents is 1. The topological polar surface area (TPSA) is 105 Å². The van der Waals surface area contributed by atoms with Gasteiger partial charge in [0.05, 0.1) is 37.2 Å². The van der Waals surface area contributed by atoms with Crippen LogP contribution in [0.25, 0.3) is 11.1 Å². The Bertz CT molecular complexity index is 1750. The van der Waals surface area contributed by atoms with Gasteiger partial charge in [0, 0.05) is 31.1 Å². The number of alkyl halides is 6. The van der Waals surface area contributed by atoms with Crippen molar-refractivity contribution in [2.24, 2.45) is 0 Å². The van der Waals surface area contributed by atoms with Crippen molar-refractivity contribution in [2.75, 3.05) is 18.6 Å². The fourth-order valence-electron chi connectivity index (χ4n) is 5.06. The first-order chi connectivity index (χ1) is 23.0. The molecule has 0 radical (unpaired) electrons. The number of methoxy groups -OCH3 is 1. The van der Waals surface area contributed by atoms with Crippen molar-refractivity contribution in [3.8, 4) is 28.4 Å². The maximum Gasteiger partial charge on any atom is 0.416 e. The molecule has 15 heteroatoms. The van der Waals surface area contributed by atoms with E-state index in [0.29, 0.717) is 34.4 Å². The molecule has 0 atom stereocenters. The molecule has 0 spiro atoms. The maximum absolute atomic E-state index is 14.9. The lowest BCUT2D eigenvalue weighted by Crippen LogP contribution is -2.25. The first-order valence-electron chi connectivity index (χ1n) is 14.9. The smallest absolute Gasteiger partial charge is 0.416 e. The molecular formula is C34H32F7N3O5. The molecule has 0 bridgehead atoms. The fraction of sp³-hybridized carbons (Fsp3) is 0.324. The monoisotopic (exact) mass is 695 g/mol. The Morgan fingerprint density at radius 1 is 0.898 bits per heavy atom. The Kier molecular flexibility index (Phi) is 11.2. The number of halogens is 7. The zero-order valence-corrected chi connectivity index (χ0v) is 26.5. The summed E-state index contributed by atoms with van der Waals surface area (Å²) < 4.78 is 108. The van der Waals surface area contributed by atoms with Gasteiger partial charge in [-0.1, -0.05) is 19.9 Å². The number of anilines is 1. The molecule has 49 heavy (non-hydrogen) atoms. The largest absolute Gasteiger partial charge is 0.508 e. The summed E-state index contributed by atoms with van der Waals surface area (Å²) in [6.07, 6.45) is -7.67. The first-order valence-corrected chi connectivity index (χ1v) is 14.9. The van der Waals surface area contributed by atoms with E-state index in [1.165, 1.54) is 48.7 Å². The van der Waals surface area contributed by atoms with E-state index < -0.39 is 41.8 Å². The second-order valence-electron chi connectivity index (χ2n) is 11.4. The van der Waals surface area contributed by atoms with Crippen molar-refractivity contribution in [1.82, 2.24) is 9.97 Å². The van der Waals surface area contributed by atoms with Crippen LogP contribution >= 0.6 is 0 Å². The third-order valence-corrected chi connectivity index (χ3v) is 7.40. The lowest BCUT2D eigenvalue weighted by molar-refractivity contribution is -0.143. The Morgan fingerprint density at radius 2 is 1.53 bits per heavy atom. The lowest BCUT2D eigenvalue weighted by Gasteiger charge is -2.26. The van der Waals surface area contributed by atoms with Gasteiger partial charge >= 0.3 is 18.3 Å². The SMILES string of the molecule is COc1cc(F)c(C(C)C)cc1-c1ccc(O)cc1CN(Cc1cc(C(F)(F)F)cc(C(F)(F)F)c1)c1ncc(OCCCC(=O)O)cn1. The number of carboxylic acid groups (broad SMARTS) is 1. The van der Waals surface area contributed by atoms with E-state index in [0.717, 1.165) is 0 Å². The van der Waals surface area contributed by atoms with Crippen molar-refractivity contribution >= 4 is 11.9 Å². The summed E-state index contributed by atoms with van der Waals surface area (Å²) in [5.74, 6) is -1.79. The van der Waals surface area contributed by atoms with Crippen molar-refractivity contribution in [2.45, 2.75) is 58.0 Å². The number of hydrogen-bond acceptors (Lipinski definition) is 7. The molecule has 3 aromatic carbocycles. The molecule has 0 saturated carbocycles. The van der Waals surface area contributed by atoms with Gasteiger partial charge in [0.15, 0.2) is 5.75 Å². The lowest BCUT2D eigenvalue weighted by atomic mass is 9.93. The number of nitrogens with zero attached hydrogens (tertiary/aromatic N) is 3. The van der Waals surface area contributed by atoms with Crippen molar-refractivity contribution in [1.29, 1.82) is 0 Å². The number of aromatic nitrogens is 2. The molecule has 4 aromatic rings. The summed E-state index contributed by atoms with van der Waals surface area (Å²) in [6, 6.07) is 8.27. The number of rotatable bonds is 13. The van der Waals surface area contributed by atoms with Crippen molar-refractivity contribution < 1.29 is 55.2 Å². The third-order valence-electron chi connectivity index (χ3n) is 7.40. The van der Waals surface area contributed by atoms with Crippen LogP contribution in [0, 0.1) is 5.82 Å². The number of phenols is 1. The van der Waals surface area contributed by atoms with Crippen LogP contribution in [0.4, 0.5) is 36.7 Å². The van der Waals surface area contributed by atoms with Gasteiger partial charge in [-0.05, 0) is 71.0 Å². The van der Waals surface area contributed by atoms with E-state index in [1.807, 2.05) is 0 Å². The molecular weight excluding hydrogens is 663 g/mol. The molecule has 1 heterocycles. The minimum absolute atomic E-state index is 0.0215. The van der Waals surface area contributed by atoms with Gasteiger partial charge in [0.25, 0.3) is 0 Å². The van der Waals surface area contributed by atoms with E-state index in [-0.39, 0.29) is 66.7 Å². The molecule has 262 valence electrons. The summed E-state index contributed by atoms with van der Waals surface area (Å²) in [5, 5.41) is 19.3. The molecule has 8 nitrogen and oxygen atoms in total. The third kappa shape index (κ3) is 9.51. The summed E-state index contributed by atoms with van der Waals surface area (Å²) >= 11 is 0. The summed E-state index contributed by atoms with van der Waals surface area (Å²) in [7, 11) is 1.34. The molecule has 0 aliphatic heterocycles. The highest BCUT2D eigenvalue weighted by Gasteiger charge is 2.37. The van der Waals surface area contributed by atoms with Crippen molar-refractivity contribution in [3.05, 3.63) is 94.6 Å². The molecule has 4 rings (SSSR count). The summed E-state index contributed by atoms with van der Waals surface area (Å²) in [5.41, 5.74) is -1.81. The maximum atomic E-state index is 14.9. The normalized spacial score (nSPS) is 11.9. The van der Waals surface area contributed by atoms with Crippen LogP contribution in [-0.4, -0.2) is 39.9 Å². The summed E-state index contributed by atoms with van der Waals surface area (Å²) in [4.78, 5) is 20.5. The number of benzene rings is 3. The second-order valence-corrected chi connectivity index (χ2v) is 11.4. The van der Waals surface area contributed by atoms with Crippen LogP contribution in [0.2, 0.25) is 0 Å². The number of carboxylic acids is 1. The second kappa shape index (κ2) is 15.0. The number of aromatic hydroxyl groups is 1. The molecule has 0 aliphatic rings. The first kappa shape index (κ1) is 36.8. The van der Waals surface area contributed by atoms with Crippen LogP contribution in [0.15, 0.2) is 60.9 Å². The number of ether oxygens (including phenoxy) is 2. The van der Waals surface area contributed by atoms with Crippen LogP contribution in [0.1, 0.15) is 60.4 Å². The zero-order chi connectivity index (χ0) is 36.1. The van der Waals surface area contributed by atoms with Crippen LogP contribution in [-0.2, 0) is 30.2 Å². The van der Waals surface area contributed by atoms with Gasteiger partial charge < -0.3 is 24.6 Å². The molecule has 1 aromatic heterocycles. The van der Waals surface area contributed by atoms with Crippen LogP contribution in [0.5, 0.6) is 17.2 Å². The van der Waals surface area contributed by atoms with Crippen molar-refractivity contribution in [3.63, 3.8) is 0 Å². The van der Waals surface area contributed by atoms with E-state index in [9.17, 15) is 40.6 Å². The molecule has 0 aliphatic carbocycles. The minimum atomic E-state index is -5.08. The average Bonchev–Trinajstić information content (AvgIpc) is 3.02. The highest BCUT2D eigenvalue weighted by molar-refractivity contribution is 5.75. The number of aliphatic carboxylic acids is 1. The van der Waals surface area contributed by atoms with Gasteiger partial charge in [-0.25, -0.2) is 14.4 Å². The predicted molar refractivity (Wildman–Crippen MR) is 165 cm³/mol. The zero-order valence-electron chi connectivity index (χ0n) is 26.5. The van der Waals surface area contributed by atoms with Gasteiger partial charge in [0.2, 0.25) is 5.95 Å². The molecule has 0 unspecified atom stereocenters. The summed E-state index contributed by atoms with van der Waals surface area (Å²) in [6.45, 7) is 2.80. The van der Waals surface area contributed by atoms with E-state index in [1.54, 1.807) is 19.9 Å². The average molecular weight is 696 g/mol. The van der Waals surface area contributed by atoms with Gasteiger partial charge in [-0.15, -0.1) is 0 Å². The van der Waals surface area contributed by atoms with E-state index in [2.05, 4.69) is 9.97 Å². The van der Waals surface area contributed by atoms with Gasteiger partial charge in [0.1, 0.15) is 17.3 Å². The van der Waals surface area contributed by atoms with E-state index in [4.69, 9.17) is 14.6 Å². The Hall–Kier alpha value is -5.08. The van der Waals surface area contributed by atoms with Gasteiger partial charge in [-0.2, -0.15) is 26.3 Å². The number of carbonyl (C=O) groups is 1. The van der Waals surface area contributed by atoms with Gasteiger partial charge in [-0.3, -0.25) is 4.79 Å². The van der Waals surface area contributed by atoms with Crippen LogP contribution in [0.3, 0.4) is 0 Å². The molecule has 0 fully saturated rings. The highest BCUT2D eigenvalue weighted by Crippen LogP contribution is 2.40. The predicted octanol–water partition coefficient (Wildman–Crippen LogP) is 8.61. The quantitative estimate of drug-likeness (QED) is 0.106. The fourth-order valence-corrected chi connectivity index (χ4v) is 5.06. The molecule has 2 N–H and O–H groups in total. The highest BCUT2D eigenvalue weighted by atomic mass is 19.4. The number of hydrogen-bond donors (Lipinski definition) is 2. The minimum Gasteiger partial charge on any atom is -0.508 e. The Balaban J connectivity index is 1.82. The van der Waals surface area contributed by atoms with Crippen LogP contribution < -0.4 is 14.4 Å². The Morgan fingerprint density at radius 3 is 2.08 bits per heavy atom. The molecule has 0 amide bonds. The van der Waals surface area contributed by atoms with E-state index >= 15 is 0 Å². The molecule has 0 saturated heterocycles. The standard InChI is InChI=1S/C34H32F7N3O5/c1-19(2)27-13-28(30(48-3)14-29(27)35)26-7-6-24(45)11-21(26)18-44(32-42-15-25(16-43-32)49-8-4-5-31(46)47)17-20-9-22(33(36,37)38)12-23(10-20)34(39,40)41/h6-7,9-16,19,45H,4-5,8,17-18H2,1-3H3,(H,46,47).